The summed E-state index contributed by atoms with van der Waals surface area (Å²) < 4.78 is 31.2. The van der Waals surface area contributed by atoms with E-state index in [0.29, 0.717) is 21.9 Å². The highest BCUT2D eigenvalue weighted by molar-refractivity contribution is 7.90. The number of ether oxygens (including phenoxy) is 1. The van der Waals surface area contributed by atoms with Crippen LogP contribution in [0, 0.1) is 5.53 Å². The molecule has 0 unspecified atom stereocenters. The van der Waals surface area contributed by atoms with Crippen LogP contribution >= 0.6 is 23.2 Å². The van der Waals surface area contributed by atoms with Crippen LogP contribution in [0.2, 0.25) is 10.0 Å². The summed E-state index contributed by atoms with van der Waals surface area (Å²) in [7, 11) is -3.57. The number of hydrogen-bond donors (Lipinski definition) is 2. The average molecular weight is 477 g/mol. The van der Waals surface area contributed by atoms with E-state index < -0.39 is 9.84 Å². The monoisotopic (exact) mass is 476 g/mol. The van der Waals surface area contributed by atoms with Gasteiger partial charge in [-0.2, -0.15) is 5.53 Å². The first-order valence-corrected chi connectivity index (χ1v) is 11.4. The van der Waals surface area contributed by atoms with Gasteiger partial charge in [-0.3, -0.25) is 0 Å². The van der Waals surface area contributed by atoms with Crippen LogP contribution in [0.5, 0.6) is 11.5 Å². The number of nitrogens with two attached hydrogens (primary N) is 1. The first-order chi connectivity index (χ1) is 14.8. The van der Waals surface area contributed by atoms with Crippen molar-refractivity contribution in [3.8, 4) is 11.5 Å². The van der Waals surface area contributed by atoms with Gasteiger partial charge in [-0.1, -0.05) is 58.8 Å². The SMILES string of the molecule is N=N/N=C(\N)Cc1cc(Cl)cc(Oc2ccc(S(=O)(=O)Cc3ccccc3)cc2Cl)c1. The van der Waals surface area contributed by atoms with Crippen molar-refractivity contribution < 1.29 is 13.2 Å². The topological polar surface area (TPSA) is 118 Å². The molecule has 10 heteroatoms. The summed E-state index contributed by atoms with van der Waals surface area (Å²) in [6, 6.07) is 18.2. The number of halogens is 2. The van der Waals surface area contributed by atoms with Crippen molar-refractivity contribution in [1.82, 2.24) is 0 Å². The van der Waals surface area contributed by atoms with Gasteiger partial charge in [-0.25, -0.2) is 8.42 Å². The summed E-state index contributed by atoms with van der Waals surface area (Å²) in [5.41, 5.74) is 13.8. The fraction of sp³-hybridized carbons (Fsp3) is 0.0952. The van der Waals surface area contributed by atoms with Crippen LogP contribution in [0.15, 0.2) is 82.0 Å². The van der Waals surface area contributed by atoms with Gasteiger partial charge >= 0.3 is 0 Å². The van der Waals surface area contributed by atoms with Crippen molar-refractivity contribution in [2.24, 2.45) is 16.1 Å². The van der Waals surface area contributed by atoms with Crippen LogP contribution in [0.3, 0.4) is 0 Å². The molecule has 0 saturated heterocycles. The van der Waals surface area contributed by atoms with Gasteiger partial charge in [0.15, 0.2) is 9.84 Å². The Labute approximate surface area is 189 Å². The minimum Gasteiger partial charge on any atom is -0.456 e. The Morgan fingerprint density at radius 3 is 2.42 bits per heavy atom. The number of nitrogens with one attached hydrogen (secondary N) is 1. The summed E-state index contributed by atoms with van der Waals surface area (Å²) in [5, 5.41) is 6.90. The Bertz CT molecular complexity index is 1230. The lowest BCUT2D eigenvalue weighted by Crippen LogP contribution is -2.14. The molecule has 0 aromatic heterocycles. The Hall–Kier alpha value is -2.94. The third kappa shape index (κ3) is 6.27. The number of hydrogen-bond acceptors (Lipinski definition) is 5. The normalized spacial score (nSPS) is 11.9. The maximum absolute atomic E-state index is 12.7. The van der Waals surface area contributed by atoms with Crippen molar-refractivity contribution in [2.75, 3.05) is 0 Å². The maximum Gasteiger partial charge on any atom is 0.182 e. The lowest BCUT2D eigenvalue weighted by Gasteiger charge is -2.12. The van der Waals surface area contributed by atoms with Crippen molar-refractivity contribution in [3.05, 3.63) is 87.9 Å². The Morgan fingerprint density at radius 1 is 1.00 bits per heavy atom. The van der Waals surface area contributed by atoms with Gasteiger partial charge in [0.1, 0.15) is 17.3 Å². The van der Waals surface area contributed by atoms with Crippen molar-refractivity contribution in [1.29, 1.82) is 5.53 Å². The van der Waals surface area contributed by atoms with Crippen LogP contribution in [-0.4, -0.2) is 14.3 Å². The minimum absolute atomic E-state index is 0.101. The molecule has 0 amide bonds. The molecule has 0 aliphatic carbocycles. The Kier molecular flexibility index (Phi) is 7.27. The summed E-state index contributed by atoms with van der Waals surface area (Å²) in [5.74, 6) is 0.681. The number of sulfone groups is 1. The van der Waals surface area contributed by atoms with Gasteiger partial charge in [0.25, 0.3) is 0 Å². The molecule has 160 valence electrons. The van der Waals surface area contributed by atoms with E-state index in [-0.39, 0.29) is 33.7 Å². The molecule has 0 aliphatic rings. The van der Waals surface area contributed by atoms with Crippen molar-refractivity contribution in [3.63, 3.8) is 0 Å². The van der Waals surface area contributed by atoms with Gasteiger partial charge in [-0.05, 0) is 47.5 Å². The van der Waals surface area contributed by atoms with Crippen molar-refractivity contribution in [2.45, 2.75) is 17.1 Å². The number of amidine groups is 1. The third-order valence-corrected chi connectivity index (χ3v) is 6.38. The van der Waals surface area contributed by atoms with E-state index in [9.17, 15) is 8.42 Å². The predicted molar refractivity (Wildman–Crippen MR) is 121 cm³/mol. The fourth-order valence-corrected chi connectivity index (χ4v) is 4.75. The fourth-order valence-electron chi connectivity index (χ4n) is 2.85. The standard InChI is InChI=1S/C21H18Cl2N4O3S/c22-16-8-15(10-21(24)26-27-25)9-17(11-16)30-20-7-6-18(12-19(20)23)31(28,29)13-14-4-2-1-3-5-14/h1-9,11-12H,10,13H2,(H3,24,25,26). The molecule has 0 fully saturated rings. The molecule has 0 radical (unpaired) electrons. The molecule has 3 aromatic carbocycles. The van der Waals surface area contributed by atoms with Crippen LogP contribution in [-0.2, 0) is 22.0 Å². The number of benzene rings is 3. The van der Waals surface area contributed by atoms with E-state index in [4.69, 9.17) is 39.2 Å². The zero-order valence-corrected chi connectivity index (χ0v) is 18.5. The van der Waals surface area contributed by atoms with Crippen LogP contribution in [0.4, 0.5) is 0 Å². The van der Waals surface area contributed by atoms with Gasteiger partial charge in [-0.15, -0.1) is 5.10 Å². The molecule has 0 aliphatic heterocycles. The van der Waals surface area contributed by atoms with Gasteiger partial charge < -0.3 is 10.5 Å². The molecule has 0 bridgehead atoms. The second-order valence-corrected chi connectivity index (χ2v) is 9.44. The number of rotatable bonds is 8. The van der Waals surface area contributed by atoms with E-state index in [1.54, 1.807) is 42.5 Å². The first-order valence-electron chi connectivity index (χ1n) is 8.99. The third-order valence-electron chi connectivity index (χ3n) is 4.18. The molecule has 3 N–H and O–H groups in total. The zero-order chi connectivity index (χ0) is 22.4. The second-order valence-electron chi connectivity index (χ2n) is 6.60. The molecule has 0 saturated carbocycles. The quantitative estimate of drug-likeness (QED) is 0.190. The molecular weight excluding hydrogens is 459 g/mol. The van der Waals surface area contributed by atoms with Crippen molar-refractivity contribution >= 4 is 38.9 Å². The first kappa shape index (κ1) is 22.7. The zero-order valence-electron chi connectivity index (χ0n) is 16.1. The molecule has 31 heavy (non-hydrogen) atoms. The summed E-state index contributed by atoms with van der Waals surface area (Å²) in [6.45, 7) is 0. The smallest absolute Gasteiger partial charge is 0.182 e. The molecule has 0 atom stereocenters. The minimum atomic E-state index is -3.57. The van der Waals surface area contributed by atoms with Crippen LogP contribution in [0.1, 0.15) is 11.1 Å². The molecule has 0 heterocycles. The van der Waals surface area contributed by atoms with E-state index >= 15 is 0 Å². The second kappa shape index (κ2) is 9.91. The number of nitrogens with zero attached hydrogens (tertiary/aromatic N) is 2. The maximum atomic E-state index is 12.7. The van der Waals surface area contributed by atoms with Gasteiger partial charge in [0.2, 0.25) is 0 Å². The average Bonchev–Trinajstić information content (AvgIpc) is 2.69. The lowest BCUT2D eigenvalue weighted by atomic mass is 10.1. The Balaban J connectivity index is 1.81. The summed E-state index contributed by atoms with van der Waals surface area (Å²) in [6.07, 6.45) is 0.226. The highest BCUT2D eigenvalue weighted by Gasteiger charge is 2.18. The highest BCUT2D eigenvalue weighted by Crippen LogP contribution is 2.33. The van der Waals surface area contributed by atoms with E-state index in [1.807, 2.05) is 6.07 Å². The predicted octanol–water partition coefficient (Wildman–Crippen LogP) is 5.61. The highest BCUT2D eigenvalue weighted by atomic mass is 35.5. The lowest BCUT2D eigenvalue weighted by molar-refractivity contribution is 0.482. The molecule has 3 rings (SSSR count). The summed E-state index contributed by atoms with van der Waals surface area (Å²) >= 11 is 12.4. The molecule has 7 nitrogen and oxygen atoms in total. The largest absolute Gasteiger partial charge is 0.456 e. The molecular formula is C21H18Cl2N4O3S. The van der Waals surface area contributed by atoms with Crippen LogP contribution in [0.25, 0.3) is 0 Å². The molecule has 3 aromatic rings. The van der Waals surface area contributed by atoms with E-state index in [1.165, 1.54) is 18.2 Å². The van der Waals surface area contributed by atoms with Gasteiger partial charge in [0, 0.05) is 11.4 Å². The van der Waals surface area contributed by atoms with E-state index in [2.05, 4.69) is 10.3 Å². The van der Waals surface area contributed by atoms with E-state index in [0.717, 1.165) is 0 Å². The van der Waals surface area contributed by atoms with Gasteiger partial charge in [0.05, 0.1) is 15.7 Å². The Morgan fingerprint density at radius 2 is 1.74 bits per heavy atom. The molecule has 0 spiro atoms. The summed E-state index contributed by atoms with van der Waals surface area (Å²) in [4.78, 5) is 0.101. The van der Waals surface area contributed by atoms with Crippen LogP contribution < -0.4 is 10.5 Å².